The van der Waals surface area contributed by atoms with Crippen LogP contribution in [0.4, 0.5) is 5.95 Å². The average Bonchev–Trinajstić information content (AvgIpc) is 2.95. The minimum atomic E-state index is 0.665. The second-order valence-corrected chi connectivity index (χ2v) is 6.96. The summed E-state index contributed by atoms with van der Waals surface area (Å²) in [5.74, 6) is 1.51. The molecule has 4 nitrogen and oxygen atoms in total. The molecule has 0 fully saturated rings. The predicted molar refractivity (Wildman–Crippen MR) is 87.6 cm³/mol. The third-order valence-corrected chi connectivity index (χ3v) is 4.69. The molecule has 0 atom stereocenters. The van der Waals surface area contributed by atoms with Gasteiger partial charge in [-0.3, -0.25) is 0 Å². The van der Waals surface area contributed by atoms with Crippen LogP contribution in [0.1, 0.15) is 29.9 Å². The SMILES string of the molecule is CC(C)CNCc1cnc(N2CCc3sccc3C2)nc1. The summed E-state index contributed by atoms with van der Waals surface area (Å²) in [4.78, 5) is 12.9. The van der Waals surface area contributed by atoms with Crippen LogP contribution < -0.4 is 10.2 Å². The van der Waals surface area contributed by atoms with Crippen LogP contribution >= 0.6 is 11.3 Å². The summed E-state index contributed by atoms with van der Waals surface area (Å²) in [6, 6.07) is 2.22. The van der Waals surface area contributed by atoms with E-state index in [4.69, 9.17) is 0 Å². The Balaban J connectivity index is 1.60. The molecule has 0 saturated carbocycles. The molecule has 1 aliphatic heterocycles. The molecule has 0 saturated heterocycles. The fourth-order valence-electron chi connectivity index (χ4n) is 2.53. The van der Waals surface area contributed by atoms with Crippen LogP contribution in [0.5, 0.6) is 0 Å². The molecular weight excluding hydrogens is 280 g/mol. The minimum Gasteiger partial charge on any atom is -0.336 e. The lowest BCUT2D eigenvalue weighted by Gasteiger charge is -2.26. The Hall–Kier alpha value is -1.46. The lowest BCUT2D eigenvalue weighted by molar-refractivity contribution is 0.551. The molecule has 0 radical (unpaired) electrons. The maximum absolute atomic E-state index is 4.54. The van der Waals surface area contributed by atoms with E-state index >= 15 is 0 Å². The average molecular weight is 302 g/mol. The van der Waals surface area contributed by atoms with Crippen molar-refractivity contribution in [2.45, 2.75) is 33.4 Å². The van der Waals surface area contributed by atoms with Gasteiger partial charge in [0.05, 0.1) is 0 Å². The molecule has 0 spiro atoms. The van der Waals surface area contributed by atoms with Crippen molar-refractivity contribution >= 4 is 17.3 Å². The van der Waals surface area contributed by atoms with E-state index in [1.54, 1.807) is 0 Å². The van der Waals surface area contributed by atoms with Gasteiger partial charge in [-0.15, -0.1) is 11.3 Å². The zero-order valence-corrected chi connectivity index (χ0v) is 13.5. The third-order valence-electron chi connectivity index (χ3n) is 3.66. The summed E-state index contributed by atoms with van der Waals surface area (Å²) < 4.78 is 0. The zero-order valence-electron chi connectivity index (χ0n) is 12.7. The Morgan fingerprint density at radius 2 is 2.14 bits per heavy atom. The van der Waals surface area contributed by atoms with Gasteiger partial charge in [-0.25, -0.2) is 9.97 Å². The van der Waals surface area contributed by atoms with Gasteiger partial charge in [-0.05, 0) is 35.9 Å². The number of hydrogen-bond acceptors (Lipinski definition) is 5. The number of hydrogen-bond donors (Lipinski definition) is 1. The van der Waals surface area contributed by atoms with Gasteiger partial charge in [0.1, 0.15) is 0 Å². The molecule has 2 aromatic rings. The molecule has 3 heterocycles. The van der Waals surface area contributed by atoms with E-state index in [1.807, 2.05) is 23.7 Å². The third kappa shape index (κ3) is 3.60. The first-order valence-electron chi connectivity index (χ1n) is 7.54. The minimum absolute atomic E-state index is 0.665. The molecule has 0 aliphatic carbocycles. The number of fused-ring (bicyclic) bond motifs is 1. The number of nitrogens with one attached hydrogen (secondary N) is 1. The Morgan fingerprint density at radius 1 is 1.33 bits per heavy atom. The maximum atomic E-state index is 4.54. The molecule has 0 amide bonds. The van der Waals surface area contributed by atoms with E-state index in [9.17, 15) is 0 Å². The smallest absolute Gasteiger partial charge is 0.225 e. The van der Waals surface area contributed by atoms with Gasteiger partial charge in [0, 0.05) is 42.5 Å². The number of nitrogens with zero attached hydrogens (tertiary/aromatic N) is 3. The van der Waals surface area contributed by atoms with Crippen molar-refractivity contribution in [3.63, 3.8) is 0 Å². The molecule has 2 aromatic heterocycles. The standard InChI is InChI=1S/C16H22N4S/c1-12(2)7-17-8-13-9-18-16(19-10-13)20-5-3-15-14(11-20)4-6-21-15/h4,6,9-10,12,17H,3,5,7-8,11H2,1-2H3. The van der Waals surface area contributed by atoms with Gasteiger partial charge in [0.25, 0.3) is 0 Å². The summed E-state index contributed by atoms with van der Waals surface area (Å²) in [6.45, 7) is 8.23. The van der Waals surface area contributed by atoms with Gasteiger partial charge in [-0.2, -0.15) is 0 Å². The topological polar surface area (TPSA) is 41.1 Å². The Labute approximate surface area is 130 Å². The van der Waals surface area contributed by atoms with Crippen LogP contribution in [-0.2, 0) is 19.5 Å². The van der Waals surface area contributed by atoms with E-state index in [-0.39, 0.29) is 0 Å². The second-order valence-electron chi connectivity index (χ2n) is 5.96. The number of anilines is 1. The Kier molecular flexibility index (Phi) is 4.51. The molecule has 112 valence electrons. The first kappa shape index (κ1) is 14.5. The number of aromatic nitrogens is 2. The van der Waals surface area contributed by atoms with E-state index < -0.39 is 0 Å². The summed E-state index contributed by atoms with van der Waals surface area (Å²) >= 11 is 1.86. The first-order valence-corrected chi connectivity index (χ1v) is 8.42. The predicted octanol–water partition coefficient (Wildman–Crippen LogP) is 2.85. The van der Waals surface area contributed by atoms with Crippen molar-refractivity contribution in [3.8, 4) is 0 Å². The van der Waals surface area contributed by atoms with E-state index in [0.29, 0.717) is 5.92 Å². The lowest BCUT2D eigenvalue weighted by Crippen LogP contribution is -2.31. The fraction of sp³-hybridized carbons (Fsp3) is 0.500. The van der Waals surface area contributed by atoms with Crippen LogP contribution in [0.2, 0.25) is 0 Å². The van der Waals surface area contributed by atoms with Crippen molar-refractivity contribution in [1.82, 2.24) is 15.3 Å². The van der Waals surface area contributed by atoms with E-state index in [1.165, 1.54) is 10.4 Å². The number of thiophene rings is 1. The Bertz CT molecular complexity index is 576. The van der Waals surface area contributed by atoms with Gasteiger partial charge < -0.3 is 10.2 Å². The highest BCUT2D eigenvalue weighted by molar-refractivity contribution is 7.10. The molecular formula is C16H22N4S. The maximum Gasteiger partial charge on any atom is 0.225 e. The first-order chi connectivity index (χ1) is 10.2. The highest BCUT2D eigenvalue weighted by Gasteiger charge is 2.18. The molecule has 1 N–H and O–H groups in total. The van der Waals surface area contributed by atoms with Crippen LogP contribution in [0.3, 0.4) is 0 Å². The van der Waals surface area contributed by atoms with Gasteiger partial charge in [0.15, 0.2) is 0 Å². The molecule has 21 heavy (non-hydrogen) atoms. The number of rotatable bonds is 5. The van der Waals surface area contributed by atoms with Gasteiger partial charge in [-0.1, -0.05) is 13.8 Å². The van der Waals surface area contributed by atoms with Crippen LogP contribution in [0, 0.1) is 5.92 Å². The fourth-order valence-corrected chi connectivity index (χ4v) is 3.42. The van der Waals surface area contributed by atoms with Crippen molar-refractivity contribution in [2.24, 2.45) is 5.92 Å². The summed E-state index contributed by atoms with van der Waals surface area (Å²) in [7, 11) is 0. The van der Waals surface area contributed by atoms with Crippen molar-refractivity contribution < 1.29 is 0 Å². The zero-order chi connectivity index (χ0) is 14.7. The van der Waals surface area contributed by atoms with Crippen LogP contribution in [-0.4, -0.2) is 23.1 Å². The van der Waals surface area contributed by atoms with E-state index in [2.05, 4.69) is 45.5 Å². The summed E-state index contributed by atoms with van der Waals surface area (Å²) in [5.41, 5.74) is 2.57. The Morgan fingerprint density at radius 3 is 2.90 bits per heavy atom. The van der Waals surface area contributed by atoms with Crippen molar-refractivity contribution in [2.75, 3.05) is 18.0 Å². The highest BCUT2D eigenvalue weighted by Crippen LogP contribution is 2.25. The monoisotopic (exact) mass is 302 g/mol. The lowest BCUT2D eigenvalue weighted by atomic mass is 10.1. The molecule has 1 aliphatic rings. The largest absolute Gasteiger partial charge is 0.336 e. The normalized spacial score (nSPS) is 14.5. The molecule has 0 unspecified atom stereocenters. The molecule has 3 rings (SSSR count). The highest BCUT2D eigenvalue weighted by atomic mass is 32.1. The second kappa shape index (κ2) is 6.54. The van der Waals surface area contributed by atoms with Gasteiger partial charge >= 0.3 is 0 Å². The van der Waals surface area contributed by atoms with Crippen LogP contribution in [0.15, 0.2) is 23.8 Å². The molecule has 0 aromatic carbocycles. The van der Waals surface area contributed by atoms with Gasteiger partial charge in [0.2, 0.25) is 5.95 Å². The summed E-state index contributed by atoms with van der Waals surface area (Å²) in [6.07, 6.45) is 4.99. The molecule has 0 bridgehead atoms. The van der Waals surface area contributed by atoms with Crippen molar-refractivity contribution in [1.29, 1.82) is 0 Å². The van der Waals surface area contributed by atoms with Crippen LogP contribution in [0.25, 0.3) is 0 Å². The summed E-state index contributed by atoms with van der Waals surface area (Å²) in [5, 5.41) is 5.60. The quantitative estimate of drug-likeness (QED) is 0.922. The molecule has 5 heteroatoms. The van der Waals surface area contributed by atoms with E-state index in [0.717, 1.165) is 44.1 Å². The van der Waals surface area contributed by atoms with Crippen molar-refractivity contribution in [3.05, 3.63) is 39.8 Å².